The molecule has 1 aliphatic rings. The van der Waals surface area contributed by atoms with E-state index in [4.69, 9.17) is 4.74 Å². The first-order chi connectivity index (χ1) is 16.1. The number of benzene rings is 1. The molecule has 184 valence electrons. The lowest BCUT2D eigenvalue weighted by molar-refractivity contribution is -0.111. The summed E-state index contributed by atoms with van der Waals surface area (Å²) in [6, 6.07) is 0.268. The van der Waals surface area contributed by atoms with Crippen LogP contribution in [0.4, 0.5) is 28.0 Å². The van der Waals surface area contributed by atoms with E-state index in [1.165, 1.54) is 11.9 Å². The average molecular weight is 504 g/mol. The maximum atomic E-state index is 15.0. The van der Waals surface area contributed by atoms with E-state index in [0.29, 0.717) is 18.4 Å². The topological polar surface area (TPSA) is 110 Å². The molecule has 2 amide bonds. The Kier molecular flexibility index (Phi) is 7.71. The molecule has 1 saturated heterocycles. The van der Waals surface area contributed by atoms with Crippen LogP contribution in [0.25, 0.3) is 0 Å². The first-order valence-corrected chi connectivity index (χ1v) is 11.1. The summed E-state index contributed by atoms with van der Waals surface area (Å²) in [5.74, 6) is -7.87. The van der Waals surface area contributed by atoms with Crippen molar-refractivity contribution in [3.63, 3.8) is 0 Å². The van der Waals surface area contributed by atoms with E-state index >= 15 is 4.39 Å². The van der Waals surface area contributed by atoms with Crippen LogP contribution < -0.4 is 10.0 Å². The molecule has 14 heteroatoms. The molecule has 9 nitrogen and oxygen atoms in total. The summed E-state index contributed by atoms with van der Waals surface area (Å²) in [4.78, 5) is 36.6. The smallest absolute Gasteiger partial charge is 0.409 e. The van der Waals surface area contributed by atoms with Gasteiger partial charge in [0.25, 0.3) is 5.91 Å². The number of carbonyl (C=O) groups is 3. The molecule has 1 fully saturated rings. The van der Waals surface area contributed by atoms with Gasteiger partial charge in [0.15, 0.2) is 23.3 Å². The fraction of sp³-hybridized carbons (Fsp3) is 0.350. The third-order valence-electron chi connectivity index (χ3n) is 5.07. The molecule has 1 aromatic carbocycles. The first kappa shape index (κ1) is 25.4. The number of nitrogens with one attached hydrogen (secondary N) is 2. The van der Waals surface area contributed by atoms with Crippen molar-refractivity contribution < 1.29 is 40.9 Å². The summed E-state index contributed by atoms with van der Waals surface area (Å²) in [6.07, 6.45) is 0.991. The Hall–Kier alpha value is -3.26. The van der Waals surface area contributed by atoms with E-state index in [1.54, 1.807) is 6.92 Å². The zero-order valence-corrected chi connectivity index (χ0v) is 18.8. The van der Waals surface area contributed by atoms with Crippen molar-refractivity contribution in [3.05, 3.63) is 47.3 Å². The molecule has 3 atom stereocenters. The SMILES string of the molecule is CCOC(=O)N1CC(C=O)C(NS(=O)c2cn(C)c(C(=O)Nc3cc(F)c(F)c(F)c3)c2F)C1. The van der Waals surface area contributed by atoms with Crippen LogP contribution in [0.3, 0.4) is 0 Å². The highest BCUT2D eigenvalue weighted by Gasteiger charge is 2.37. The minimum atomic E-state index is -2.23. The number of hydrogen-bond donors (Lipinski definition) is 2. The Morgan fingerprint density at radius 3 is 2.41 bits per heavy atom. The number of likely N-dealkylation sites (tertiary alicyclic amines) is 1. The third kappa shape index (κ3) is 5.12. The number of ether oxygens (including phenoxy) is 1. The quantitative estimate of drug-likeness (QED) is 0.341. The summed E-state index contributed by atoms with van der Waals surface area (Å²) in [6.45, 7) is 1.75. The number of nitrogens with zero attached hydrogens (tertiary/aromatic N) is 2. The van der Waals surface area contributed by atoms with Crippen LogP contribution in [0, 0.1) is 29.2 Å². The predicted molar refractivity (Wildman–Crippen MR) is 111 cm³/mol. The van der Waals surface area contributed by atoms with Crippen molar-refractivity contribution in [2.24, 2.45) is 13.0 Å². The molecule has 2 heterocycles. The maximum absolute atomic E-state index is 15.0. The molecule has 3 rings (SSSR count). The van der Waals surface area contributed by atoms with Gasteiger partial charge < -0.3 is 24.3 Å². The lowest BCUT2D eigenvalue weighted by atomic mass is 10.1. The van der Waals surface area contributed by atoms with Crippen LogP contribution in [0.1, 0.15) is 17.4 Å². The van der Waals surface area contributed by atoms with Crippen molar-refractivity contribution in [2.45, 2.75) is 17.9 Å². The van der Waals surface area contributed by atoms with E-state index < -0.39 is 74.5 Å². The lowest BCUT2D eigenvalue weighted by Crippen LogP contribution is -2.39. The molecule has 1 aliphatic heterocycles. The van der Waals surface area contributed by atoms with Crippen molar-refractivity contribution in [3.8, 4) is 0 Å². The monoisotopic (exact) mass is 504 g/mol. The molecule has 0 bridgehead atoms. The second kappa shape index (κ2) is 10.3. The number of hydrogen-bond acceptors (Lipinski definition) is 5. The minimum absolute atomic E-state index is 0.0164. The Morgan fingerprint density at radius 1 is 1.18 bits per heavy atom. The highest BCUT2D eigenvalue weighted by molar-refractivity contribution is 7.83. The van der Waals surface area contributed by atoms with E-state index in [2.05, 4.69) is 10.0 Å². The maximum Gasteiger partial charge on any atom is 0.409 e. The van der Waals surface area contributed by atoms with Crippen LogP contribution in [0.2, 0.25) is 0 Å². The molecular formula is C20H20F4N4O5S. The molecule has 0 aliphatic carbocycles. The summed E-state index contributed by atoms with van der Waals surface area (Å²) in [5, 5.41) is 2.05. The molecule has 1 aromatic heterocycles. The van der Waals surface area contributed by atoms with Crippen molar-refractivity contribution in [1.82, 2.24) is 14.2 Å². The molecule has 0 radical (unpaired) electrons. The highest BCUT2D eigenvalue weighted by atomic mass is 32.2. The second-order valence-corrected chi connectivity index (χ2v) is 8.58. The summed E-state index contributed by atoms with van der Waals surface area (Å²) < 4.78 is 76.1. The number of amides is 2. The summed E-state index contributed by atoms with van der Waals surface area (Å²) in [5.41, 5.74) is -1.07. The normalized spacial score (nSPS) is 18.6. The number of aromatic nitrogens is 1. The predicted octanol–water partition coefficient (Wildman–Crippen LogP) is 2.10. The third-order valence-corrected chi connectivity index (χ3v) is 6.27. The van der Waals surface area contributed by atoms with Crippen LogP contribution in [-0.4, -0.2) is 57.7 Å². The molecule has 0 saturated carbocycles. The van der Waals surface area contributed by atoms with Gasteiger partial charge in [-0.05, 0) is 6.92 Å². The minimum Gasteiger partial charge on any atom is -0.450 e. The number of aldehydes is 1. The standard InChI is InChI=1S/C20H20F4N4O5S/c1-3-33-20(31)28-6-10(9-29)14(7-28)26-34(32)15-8-27(2)18(17(15)24)19(30)25-11-4-12(21)16(23)13(22)5-11/h4-5,8-10,14,26H,3,6-7H2,1-2H3,(H,25,30). The molecule has 3 unspecified atom stereocenters. The Labute approximate surface area is 193 Å². The highest BCUT2D eigenvalue weighted by Crippen LogP contribution is 2.23. The first-order valence-electron chi connectivity index (χ1n) is 9.92. The Morgan fingerprint density at radius 2 is 1.82 bits per heavy atom. The second-order valence-electron chi connectivity index (χ2n) is 7.37. The van der Waals surface area contributed by atoms with Crippen LogP contribution >= 0.6 is 0 Å². The lowest BCUT2D eigenvalue weighted by Gasteiger charge is -2.16. The number of aryl methyl sites for hydroxylation is 1. The van der Waals surface area contributed by atoms with Crippen molar-refractivity contribution >= 4 is 35.0 Å². The van der Waals surface area contributed by atoms with Crippen LogP contribution in [0.5, 0.6) is 0 Å². The molecule has 34 heavy (non-hydrogen) atoms. The number of carbonyl (C=O) groups excluding carboxylic acids is 3. The molecule has 2 aromatic rings. The zero-order valence-electron chi connectivity index (χ0n) is 17.9. The zero-order chi connectivity index (χ0) is 25.2. The summed E-state index contributed by atoms with van der Waals surface area (Å²) in [7, 11) is -0.960. The summed E-state index contributed by atoms with van der Waals surface area (Å²) >= 11 is 0. The fourth-order valence-corrected chi connectivity index (χ4v) is 4.60. The van der Waals surface area contributed by atoms with Crippen LogP contribution in [-0.2, 0) is 27.6 Å². The molecule has 0 spiro atoms. The van der Waals surface area contributed by atoms with Gasteiger partial charge in [0.05, 0.1) is 12.5 Å². The van der Waals surface area contributed by atoms with Gasteiger partial charge in [-0.25, -0.2) is 31.3 Å². The van der Waals surface area contributed by atoms with E-state index in [9.17, 15) is 31.8 Å². The Bertz CT molecular complexity index is 1140. The van der Waals surface area contributed by atoms with Crippen molar-refractivity contribution in [1.29, 1.82) is 0 Å². The fourth-order valence-electron chi connectivity index (χ4n) is 3.43. The van der Waals surface area contributed by atoms with Crippen molar-refractivity contribution in [2.75, 3.05) is 25.0 Å². The van der Waals surface area contributed by atoms with Crippen LogP contribution in [0.15, 0.2) is 23.2 Å². The number of anilines is 1. The van der Waals surface area contributed by atoms with E-state index in [0.717, 1.165) is 10.8 Å². The van der Waals surface area contributed by atoms with E-state index in [1.807, 2.05) is 0 Å². The van der Waals surface area contributed by atoms with Gasteiger partial charge in [-0.2, -0.15) is 0 Å². The molecule has 2 N–H and O–H groups in total. The van der Waals surface area contributed by atoms with Gasteiger partial charge in [-0.3, -0.25) is 4.79 Å². The van der Waals surface area contributed by atoms with E-state index in [-0.39, 0.29) is 19.7 Å². The molecular weight excluding hydrogens is 484 g/mol. The van der Waals surface area contributed by atoms with Gasteiger partial charge in [-0.1, -0.05) is 0 Å². The van der Waals surface area contributed by atoms with Gasteiger partial charge in [0.1, 0.15) is 27.9 Å². The largest absolute Gasteiger partial charge is 0.450 e. The Balaban J connectivity index is 1.76. The number of halogens is 4. The van der Waals surface area contributed by atoms with Gasteiger partial charge in [0, 0.05) is 50.2 Å². The van der Waals surface area contributed by atoms with Gasteiger partial charge in [0.2, 0.25) is 0 Å². The average Bonchev–Trinajstić information content (AvgIpc) is 3.32. The van der Waals surface area contributed by atoms with Gasteiger partial charge in [-0.15, -0.1) is 0 Å². The number of rotatable bonds is 7. The van der Waals surface area contributed by atoms with Gasteiger partial charge >= 0.3 is 6.09 Å².